The first kappa shape index (κ1) is 18.9. The lowest BCUT2D eigenvalue weighted by atomic mass is 9.85. The molecular formula is C19H30N4O3. The molecule has 0 spiro atoms. The highest BCUT2D eigenvalue weighted by atomic mass is 16.5. The molecule has 7 heteroatoms. The zero-order chi connectivity index (χ0) is 19.1. The van der Waals surface area contributed by atoms with Gasteiger partial charge in [0.1, 0.15) is 5.82 Å². The summed E-state index contributed by atoms with van der Waals surface area (Å²) in [5, 5.41) is 9.67. The fourth-order valence-corrected chi connectivity index (χ4v) is 3.42. The Morgan fingerprint density at radius 1 is 1.42 bits per heavy atom. The zero-order valence-electron chi connectivity index (χ0n) is 16.4. The molecule has 1 N–H and O–H groups in total. The Hall–Kier alpha value is -1.89. The van der Waals surface area contributed by atoms with Crippen molar-refractivity contribution in [2.45, 2.75) is 39.5 Å². The minimum Gasteiger partial charge on any atom is -0.481 e. The van der Waals surface area contributed by atoms with Crippen molar-refractivity contribution < 1.29 is 14.6 Å². The van der Waals surface area contributed by atoms with Crippen LogP contribution in [0, 0.1) is 11.3 Å². The summed E-state index contributed by atoms with van der Waals surface area (Å²) in [7, 11) is 2.01. The molecule has 1 aliphatic carbocycles. The van der Waals surface area contributed by atoms with Crippen LogP contribution in [-0.4, -0.2) is 60.9 Å². The number of carboxylic acid groups (broad SMARTS) is 1. The lowest BCUT2D eigenvalue weighted by Crippen LogP contribution is -2.40. The number of hydrogen-bond donors (Lipinski definition) is 1. The monoisotopic (exact) mass is 362 g/mol. The Morgan fingerprint density at radius 2 is 2.04 bits per heavy atom. The predicted molar refractivity (Wildman–Crippen MR) is 101 cm³/mol. The van der Waals surface area contributed by atoms with Crippen LogP contribution in [0.1, 0.15) is 39.7 Å². The Morgan fingerprint density at radius 3 is 2.58 bits per heavy atom. The highest BCUT2D eigenvalue weighted by Gasteiger charge is 2.46. The van der Waals surface area contributed by atoms with E-state index in [0.717, 1.165) is 6.54 Å². The second kappa shape index (κ2) is 6.68. The van der Waals surface area contributed by atoms with Gasteiger partial charge in [0.05, 0.1) is 18.6 Å². The SMILES string of the molecule is CN(C[C@@H]1CC1(C)C)c1ncc(C(C)(C)C(=O)O)c(N2CCOCC2)n1. The highest BCUT2D eigenvalue weighted by Crippen LogP contribution is 2.51. The van der Waals surface area contributed by atoms with Crippen molar-refractivity contribution in [1.29, 1.82) is 0 Å². The predicted octanol–water partition coefficient (Wildman–Crippen LogP) is 2.16. The van der Waals surface area contributed by atoms with Gasteiger partial charge in [-0.2, -0.15) is 4.98 Å². The van der Waals surface area contributed by atoms with Gasteiger partial charge < -0.3 is 19.6 Å². The van der Waals surface area contributed by atoms with Crippen molar-refractivity contribution >= 4 is 17.7 Å². The van der Waals surface area contributed by atoms with E-state index in [9.17, 15) is 9.90 Å². The summed E-state index contributed by atoms with van der Waals surface area (Å²) < 4.78 is 5.44. The molecule has 3 rings (SSSR count). The molecule has 0 unspecified atom stereocenters. The number of rotatable bonds is 6. The van der Waals surface area contributed by atoms with Crippen LogP contribution >= 0.6 is 0 Å². The minimum atomic E-state index is -1.05. The number of morpholine rings is 1. The average molecular weight is 362 g/mol. The summed E-state index contributed by atoms with van der Waals surface area (Å²) in [5.41, 5.74) is -0.00809. The maximum absolute atomic E-state index is 11.8. The Kier molecular flexibility index (Phi) is 4.86. The van der Waals surface area contributed by atoms with E-state index < -0.39 is 11.4 Å². The standard InChI is InChI=1S/C19H30N4O3/c1-18(2)10-13(18)12-22(5)17-20-11-14(19(3,4)16(24)25)15(21-17)23-6-8-26-9-7-23/h11,13H,6-10,12H2,1-5H3,(H,24,25)/t13-/m0/s1. The number of aromatic nitrogens is 2. The number of aliphatic carboxylic acids is 1. The van der Waals surface area contributed by atoms with E-state index in [1.807, 2.05) is 7.05 Å². The van der Waals surface area contributed by atoms with Gasteiger partial charge in [0.2, 0.25) is 5.95 Å². The van der Waals surface area contributed by atoms with Gasteiger partial charge in [-0.15, -0.1) is 0 Å². The minimum absolute atomic E-state index is 0.395. The molecule has 0 bridgehead atoms. The number of carboxylic acids is 1. The van der Waals surface area contributed by atoms with Gasteiger partial charge in [-0.05, 0) is 31.6 Å². The molecule has 2 heterocycles. The third kappa shape index (κ3) is 3.63. The van der Waals surface area contributed by atoms with Gasteiger partial charge in [-0.25, -0.2) is 4.98 Å². The van der Waals surface area contributed by atoms with Crippen molar-refractivity contribution in [3.8, 4) is 0 Å². The van der Waals surface area contributed by atoms with Crippen LogP contribution in [0.4, 0.5) is 11.8 Å². The van der Waals surface area contributed by atoms with E-state index in [1.165, 1.54) is 6.42 Å². The fourth-order valence-electron chi connectivity index (χ4n) is 3.42. The van der Waals surface area contributed by atoms with Gasteiger partial charge in [0.25, 0.3) is 0 Å². The van der Waals surface area contributed by atoms with Crippen LogP contribution in [-0.2, 0) is 14.9 Å². The van der Waals surface area contributed by atoms with E-state index in [0.29, 0.717) is 55.0 Å². The molecule has 1 aliphatic heterocycles. The van der Waals surface area contributed by atoms with Crippen LogP contribution in [0.15, 0.2) is 6.20 Å². The molecule has 0 aromatic carbocycles. The zero-order valence-corrected chi connectivity index (χ0v) is 16.4. The number of anilines is 2. The number of ether oxygens (including phenoxy) is 1. The Balaban J connectivity index is 1.92. The highest BCUT2D eigenvalue weighted by molar-refractivity contribution is 5.82. The van der Waals surface area contributed by atoms with E-state index in [2.05, 4.69) is 28.6 Å². The Labute approximate surface area is 155 Å². The first-order valence-electron chi connectivity index (χ1n) is 9.27. The van der Waals surface area contributed by atoms with Crippen LogP contribution in [0.5, 0.6) is 0 Å². The van der Waals surface area contributed by atoms with Gasteiger partial charge in [0.15, 0.2) is 0 Å². The van der Waals surface area contributed by atoms with Crippen molar-refractivity contribution in [3.63, 3.8) is 0 Å². The summed E-state index contributed by atoms with van der Waals surface area (Å²) >= 11 is 0. The van der Waals surface area contributed by atoms with E-state index >= 15 is 0 Å². The quantitative estimate of drug-likeness (QED) is 0.831. The lowest BCUT2D eigenvalue weighted by Gasteiger charge is -2.33. The molecule has 1 atom stereocenters. The van der Waals surface area contributed by atoms with E-state index in [-0.39, 0.29) is 0 Å². The van der Waals surface area contributed by atoms with E-state index in [1.54, 1.807) is 20.0 Å². The smallest absolute Gasteiger partial charge is 0.313 e. The number of hydrogen-bond acceptors (Lipinski definition) is 6. The molecule has 1 saturated heterocycles. The molecule has 26 heavy (non-hydrogen) atoms. The largest absolute Gasteiger partial charge is 0.481 e. The molecule has 1 saturated carbocycles. The van der Waals surface area contributed by atoms with E-state index in [4.69, 9.17) is 9.72 Å². The van der Waals surface area contributed by atoms with Crippen molar-refractivity contribution in [2.75, 3.05) is 49.7 Å². The average Bonchev–Trinajstić information content (AvgIpc) is 3.20. The molecule has 2 aliphatic rings. The molecular weight excluding hydrogens is 332 g/mol. The lowest BCUT2D eigenvalue weighted by molar-refractivity contribution is -0.142. The van der Waals surface area contributed by atoms with Crippen LogP contribution in [0.2, 0.25) is 0 Å². The third-order valence-corrected chi connectivity index (χ3v) is 5.83. The normalized spacial score (nSPS) is 22.2. The second-order valence-corrected chi connectivity index (χ2v) is 8.71. The maximum Gasteiger partial charge on any atom is 0.313 e. The second-order valence-electron chi connectivity index (χ2n) is 8.71. The van der Waals surface area contributed by atoms with Crippen LogP contribution < -0.4 is 9.80 Å². The van der Waals surface area contributed by atoms with Crippen molar-refractivity contribution in [3.05, 3.63) is 11.8 Å². The maximum atomic E-state index is 11.8. The number of carbonyl (C=O) groups is 1. The summed E-state index contributed by atoms with van der Waals surface area (Å²) in [5.74, 6) is 1.14. The van der Waals surface area contributed by atoms with Gasteiger partial charge in [-0.1, -0.05) is 13.8 Å². The molecule has 0 radical (unpaired) electrons. The molecule has 0 amide bonds. The summed E-state index contributed by atoms with van der Waals surface area (Å²) in [6, 6.07) is 0. The summed E-state index contributed by atoms with van der Waals surface area (Å²) in [6.45, 7) is 11.5. The molecule has 1 aromatic rings. The topological polar surface area (TPSA) is 78.8 Å². The number of nitrogens with zero attached hydrogens (tertiary/aromatic N) is 4. The van der Waals surface area contributed by atoms with Crippen molar-refractivity contribution in [1.82, 2.24) is 9.97 Å². The molecule has 2 fully saturated rings. The van der Waals surface area contributed by atoms with Crippen LogP contribution in [0.25, 0.3) is 0 Å². The van der Waals surface area contributed by atoms with Gasteiger partial charge in [0, 0.05) is 38.4 Å². The van der Waals surface area contributed by atoms with Gasteiger partial charge >= 0.3 is 5.97 Å². The molecule has 7 nitrogen and oxygen atoms in total. The summed E-state index contributed by atoms with van der Waals surface area (Å²) in [6.07, 6.45) is 2.91. The van der Waals surface area contributed by atoms with Gasteiger partial charge in [-0.3, -0.25) is 4.79 Å². The Bertz CT molecular complexity index is 683. The first-order chi connectivity index (χ1) is 12.1. The fraction of sp³-hybridized carbons (Fsp3) is 0.737. The molecule has 144 valence electrons. The first-order valence-corrected chi connectivity index (χ1v) is 9.27. The summed E-state index contributed by atoms with van der Waals surface area (Å²) in [4.78, 5) is 25.3. The van der Waals surface area contributed by atoms with Crippen molar-refractivity contribution in [2.24, 2.45) is 11.3 Å². The van der Waals surface area contributed by atoms with Crippen LogP contribution in [0.3, 0.4) is 0 Å². The molecule has 1 aromatic heterocycles. The third-order valence-electron chi connectivity index (χ3n) is 5.83.